The number of hydrogen-bond donors (Lipinski definition) is 2. The number of β-amino-alcohol motifs (C(OH)–C–C–N with tert-alkyl or cyclic N) is 1. The van der Waals surface area contributed by atoms with Gasteiger partial charge in [0.1, 0.15) is 6.61 Å². The number of likely N-dealkylation sites (tertiary alicyclic amines) is 1. The Bertz CT molecular complexity index is 478. The van der Waals surface area contributed by atoms with Gasteiger partial charge in [0.25, 0.3) is 0 Å². The molecule has 2 N–H and O–H groups in total. The number of carbonyl (C=O) groups is 1. The molecule has 2 rings (SSSR count). The van der Waals surface area contributed by atoms with E-state index in [4.69, 9.17) is 4.74 Å². The summed E-state index contributed by atoms with van der Waals surface area (Å²) in [5, 5.41) is 12.6. The van der Waals surface area contributed by atoms with Gasteiger partial charge in [-0.15, -0.1) is 0 Å². The first-order valence-corrected chi connectivity index (χ1v) is 8.40. The normalized spacial score (nSPS) is 19.7. The van der Waals surface area contributed by atoms with Gasteiger partial charge in [-0.2, -0.15) is 0 Å². The highest BCUT2D eigenvalue weighted by Gasteiger charge is 2.24. The predicted octanol–water partition coefficient (Wildman–Crippen LogP) is 2.39. The average Bonchev–Trinajstić information content (AvgIpc) is 2.90. The van der Waals surface area contributed by atoms with Crippen molar-refractivity contribution in [3.63, 3.8) is 0 Å². The van der Waals surface area contributed by atoms with Gasteiger partial charge in [-0.05, 0) is 24.3 Å². The lowest BCUT2D eigenvalue weighted by Crippen LogP contribution is -2.44. The molecule has 0 spiro atoms. The molecule has 1 aromatic carbocycles. The Morgan fingerprint density at radius 3 is 2.74 bits per heavy atom. The topological polar surface area (TPSA) is 61.8 Å². The number of aliphatic hydroxyl groups excluding tert-OH is 1. The van der Waals surface area contributed by atoms with Crippen LogP contribution in [-0.4, -0.2) is 47.9 Å². The lowest BCUT2D eigenvalue weighted by atomic mass is 10.0. The van der Waals surface area contributed by atoms with Crippen molar-refractivity contribution in [3.05, 3.63) is 35.9 Å². The maximum absolute atomic E-state index is 12.0. The molecule has 1 unspecified atom stereocenters. The van der Waals surface area contributed by atoms with E-state index < -0.39 is 0 Å². The Balaban J connectivity index is 1.80. The molecule has 0 radical (unpaired) electrons. The third-order valence-corrected chi connectivity index (χ3v) is 4.02. The summed E-state index contributed by atoms with van der Waals surface area (Å²) in [7, 11) is 0. The zero-order valence-electron chi connectivity index (χ0n) is 14.1. The Labute approximate surface area is 138 Å². The largest absolute Gasteiger partial charge is 0.445 e. The molecule has 1 heterocycles. The van der Waals surface area contributed by atoms with E-state index in [0.29, 0.717) is 12.5 Å². The van der Waals surface area contributed by atoms with Crippen LogP contribution in [0, 0.1) is 5.92 Å². The van der Waals surface area contributed by atoms with Crippen molar-refractivity contribution in [2.24, 2.45) is 5.92 Å². The van der Waals surface area contributed by atoms with Crippen LogP contribution in [0.2, 0.25) is 0 Å². The summed E-state index contributed by atoms with van der Waals surface area (Å²) < 4.78 is 5.31. The molecular formula is C18H28N2O3. The standard InChI is InChI=1S/C18H28N2O3/c1-14(2)10-16(11-20-9-8-17(21)12-20)19-18(22)23-13-15-6-4-3-5-7-15/h3-7,14,16-17,21H,8-13H2,1-2H3,(H,19,22)/t16-,17?/m1/s1. The molecule has 1 fully saturated rings. The van der Waals surface area contributed by atoms with Gasteiger partial charge in [-0.3, -0.25) is 4.90 Å². The third-order valence-electron chi connectivity index (χ3n) is 4.02. The molecule has 5 heteroatoms. The van der Waals surface area contributed by atoms with E-state index in [1.807, 2.05) is 30.3 Å². The Hall–Kier alpha value is -1.59. The molecule has 5 nitrogen and oxygen atoms in total. The van der Waals surface area contributed by atoms with Crippen LogP contribution in [0.3, 0.4) is 0 Å². The van der Waals surface area contributed by atoms with Crippen LogP contribution in [0.4, 0.5) is 4.79 Å². The van der Waals surface area contributed by atoms with Crippen LogP contribution in [0.25, 0.3) is 0 Å². The number of rotatable bonds is 7. The fourth-order valence-electron chi connectivity index (χ4n) is 2.97. The van der Waals surface area contributed by atoms with Crippen molar-refractivity contribution < 1.29 is 14.6 Å². The van der Waals surface area contributed by atoms with Crippen molar-refractivity contribution >= 4 is 6.09 Å². The number of nitrogens with zero attached hydrogens (tertiary/aromatic N) is 1. The second kappa shape index (κ2) is 8.89. The number of ether oxygens (including phenoxy) is 1. The van der Waals surface area contributed by atoms with Gasteiger partial charge < -0.3 is 15.2 Å². The van der Waals surface area contributed by atoms with E-state index in [9.17, 15) is 9.90 Å². The first kappa shape index (κ1) is 17.8. The highest BCUT2D eigenvalue weighted by Crippen LogP contribution is 2.13. The van der Waals surface area contributed by atoms with Gasteiger partial charge in [0.15, 0.2) is 0 Å². The van der Waals surface area contributed by atoms with E-state index in [-0.39, 0.29) is 24.8 Å². The smallest absolute Gasteiger partial charge is 0.407 e. The molecule has 0 aromatic heterocycles. The first-order valence-electron chi connectivity index (χ1n) is 8.40. The minimum absolute atomic E-state index is 0.0450. The van der Waals surface area contributed by atoms with E-state index >= 15 is 0 Å². The number of nitrogens with one attached hydrogen (secondary N) is 1. The van der Waals surface area contributed by atoms with Crippen molar-refractivity contribution in [3.8, 4) is 0 Å². The van der Waals surface area contributed by atoms with E-state index in [2.05, 4.69) is 24.1 Å². The van der Waals surface area contributed by atoms with Gasteiger partial charge in [-0.25, -0.2) is 4.79 Å². The minimum Gasteiger partial charge on any atom is -0.445 e. The molecule has 0 aliphatic carbocycles. The highest BCUT2D eigenvalue weighted by molar-refractivity contribution is 5.67. The van der Waals surface area contributed by atoms with Gasteiger partial charge in [0, 0.05) is 25.7 Å². The summed E-state index contributed by atoms with van der Waals surface area (Å²) in [5.74, 6) is 0.488. The van der Waals surface area contributed by atoms with Crippen molar-refractivity contribution in [2.45, 2.75) is 45.4 Å². The van der Waals surface area contributed by atoms with Crippen molar-refractivity contribution in [2.75, 3.05) is 19.6 Å². The van der Waals surface area contributed by atoms with Crippen LogP contribution in [0.15, 0.2) is 30.3 Å². The maximum Gasteiger partial charge on any atom is 0.407 e. The number of alkyl carbamates (subject to hydrolysis) is 1. The van der Waals surface area contributed by atoms with Gasteiger partial charge in [-0.1, -0.05) is 44.2 Å². The molecule has 1 saturated heterocycles. The Morgan fingerprint density at radius 2 is 2.13 bits per heavy atom. The summed E-state index contributed by atoms with van der Waals surface area (Å²) in [6.07, 6.45) is 1.10. The SMILES string of the molecule is CC(C)C[C@H](CN1CCC(O)C1)NC(=O)OCc1ccccc1. The third kappa shape index (κ3) is 6.59. The summed E-state index contributed by atoms with van der Waals surface area (Å²) >= 11 is 0. The Kier molecular flexibility index (Phi) is 6.86. The number of hydrogen-bond acceptors (Lipinski definition) is 4. The summed E-state index contributed by atoms with van der Waals surface area (Å²) in [5.41, 5.74) is 0.978. The molecule has 1 aliphatic heterocycles. The highest BCUT2D eigenvalue weighted by atomic mass is 16.5. The molecule has 1 aliphatic rings. The van der Waals surface area contributed by atoms with Gasteiger partial charge >= 0.3 is 6.09 Å². The second-order valence-electron chi connectivity index (χ2n) is 6.73. The van der Waals surface area contributed by atoms with Crippen molar-refractivity contribution in [1.82, 2.24) is 10.2 Å². The van der Waals surface area contributed by atoms with Crippen LogP contribution >= 0.6 is 0 Å². The fourth-order valence-corrected chi connectivity index (χ4v) is 2.97. The van der Waals surface area contributed by atoms with Gasteiger partial charge in [0.05, 0.1) is 6.10 Å². The fraction of sp³-hybridized carbons (Fsp3) is 0.611. The minimum atomic E-state index is -0.376. The number of aliphatic hydroxyl groups is 1. The monoisotopic (exact) mass is 320 g/mol. The van der Waals surface area contributed by atoms with Crippen LogP contribution < -0.4 is 5.32 Å². The number of amides is 1. The average molecular weight is 320 g/mol. The van der Waals surface area contributed by atoms with Crippen LogP contribution in [0.5, 0.6) is 0 Å². The molecular weight excluding hydrogens is 292 g/mol. The zero-order chi connectivity index (χ0) is 16.7. The molecule has 1 aromatic rings. The second-order valence-corrected chi connectivity index (χ2v) is 6.73. The van der Waals surface area contributed by atoms with Crippen molar-refractivity contribution in [1.29, 1.82) is 0 Å². The molecule has 2 atom stereocenters. The van der Waals surface area contributed by atoms with Gasteiger partial charge in [0.2, 0.25) is 0 Å². The number of carbonyl (C=O) groups excluding carboxylic acids is 1. The molecule has 0 saturated carbocycles. The lowest BCUT2D eigenvalue weighted by molar-refractivity contribution is 0.129. The maximum atomic E-state index is 12.0. The summed E-state index contributed by atoms with van der Waals surface area (Å²) in [6.45, 7) is 6.90. The lowest BCUT2D eigenvalue weighted by Gasteiger charge is -2.25. The number of benzene rings is 1. The van der Waals surface area contributed by atoms with E-state index in [1.54, 1.807) is 0 Å². The Morgan fingerprint density at radius 1 is 1.39 bits per heavy atom. The zero-order valence-corrected chi connectivity index (χ0v) is 14.1. The molecule has 128 valence electrons. The first-order chi connectivity index (χ1) is 11.0. The van der Waals surface area contributed by atoms with E-state index in [1.165, 1.54) is 0 Å². The summed E-state index contributed by atoms with van der Waals surface area (Å²) in [4.78, 5) is 14.2. The van der Waals surface area contributed by atoms with Crippen LogP contribution in [-0.2, 0) is 11.3 Å². The quantitative estimate of drug-likeness (QED) is 0.810. The molecule has 23 heavy (non-hydrogen) atoms. The van der Waals surface area contributed by atoms with E-state index in [0.717, 1.165) is 31.5 Å². The summed E-state index contributed by atoms with van der Waals surface area (Å²) in [6, 6.07) is 9.71. The van der Waals surface area contributed by atoms with Crippen LogP contribution in [0.1, 0.15) is 32.3 Å². The molecule has 0 bridgehead atoms. The predicted molar refractivity (Wildman–Crippen MR) is 90.1 cm³/mol. The molecule has 1 amide bonds.